The van der Waals surface area contributed by atoms with Crippen molar-refractivity contribution in [2.45, 2.75) is 6.42 Å². The molecule has 0 aliphatic carbocycles. The van der Waals surface area contributed by atoms with Crippen LogP contribution < -0.4 is 5.32 Å². The second kappa shape index (κ2) is 5.14. The van der Waals surface area contributed by atoms with Crippen LogP contribution in [0.3, 0.4) is 0 Å². The average molecular weight is 255 g/mol. The predicted octanol–water partition coefficient (Wildman–Crippen LogP) is 3.35. The Morgan fingerprint density at radius 2 is 2.00 bits per heavy atom. The van der Waals surface area contributed by atoms with Gasteiger partial charge in [0, 0.05) is 12.7 Å². The molecule has 0 spiro atoms. The largest absolute Gasteiger partial charge is 0.361 e. The van der Waals surface area contributed by atoms with E-state index in [1.807, 2.05) is 12.1 Å². The van der Waals surface area contributed by atoms with Crippen molar-refractivity contribution in [1.82, 2.24) is 9.97 Å². The van der Waals surface area contributed by atoms with E-state index < -0.39 is 0 Å². The molecule has 3 rings (SSSR count). The maximum absolute atomic E-state index is 4.49. The van der Waals surface area contributed by atoms with Crippen molar-refractivity contribution in [2.75, 3.05) is 11.9 Å². The van der Waals surface area contributed by atoms with Crippen molar-refractivity contribution in [2.24, 2.45) is 0 Å². The normalized spacial score (nSPS) is 10.7. The van der Waals surface area contributed by atoms with E-state index in [1.165, 1.54) is 10.3 Å². The van der Waals surface area contributed by atoms with Crippen LogP contribution in [0, 0.1) is 0 Å². The summed E-state index contributed by atoms with van der Waals surface area (Å²) in [7, 11) is 0. The molecule has 2 heterocycles. The third-order valence-electron chi connectivity index (χ3n) is 2.72. The van der Waals surface area contributed by atoms with Crippen LogP contribution in [0.5, 0.6) is 0 Å². The van der Waals surface area contributed by atoms with Crippen molar-refractivity contribution in [1.29, 1.82) is 0 Å². The Labute approximate surface area is 110 Å². The molecule has 0 amide bonds. The number of fused-ring (bicyclic) bond motifs is 1. The van der Waals surface area contributed by atoms with Crippen molar-refractivity contribution in [3.63, 3.8) is 0 Å². The van der Waals surface area contributed by atoms with Crippen molar-refractivity contribution < 1.29 is 0 Å². The number of hydrogen-bond donors (Lipinski definition) is 1. The third kappa shape index (κ3) is 2.49. The molecule has 0 unspecified atom stereocenters. The summed E-state index contributed by atoms with van der Waals surface area (Å²) in [5.74, 6) is 0. The molecule has 3 aromatic rings. The van der Waals surface area contributed by atoms with Gasteiger partial charge in [0.15, 0.2) is 5.13 Å². The van der Waals surface area contributed by atoms with Crippen molar-refractivity contribution >= 4 is 26.7 Å². The summed E-state index contributed by atoms with van der Waals surface area (Å²) < 4.78 is 1.17. The van der Waals surface area contributed by atoms with Gasteiger partial charge in [0.2, 0.25) is 0 Å². The van der Waals surface area contributed by atoms with Gasteiger partial charge in [-0.1, -0.05) is 41.7 Å². The lowest BCUT2D eigenvalue weighted by atomic mass is 10.2. The first-order chi connectivity index (χ1) is 8.92. The second-order valence-electron chi connectivity index (χ2n) is 4.02. The van der Waals surface area contributed by atoms with Crippen molar-refractivity contribution in [3.05, 3.63) is 54.4 Å². The first kappa shape index (κ1) is 11.2. The van der Waals surface area contributed by atoms with Crippen LogP contribution in [0.4, 0.5) is 5.13 Å². The lowest BCUT2D eigenvalue weighted by Gasteiger charge is -2.02. The highest BCUT2D eigenvalue weighted by Gasteiger charge is 2.02. The first-order valence-corrected chi connectivity index (χ1v) is 6.72. The molecule has 0 aliphatic rings. The summed E-state index contributed by atoms with van der Waals surface area (Å²) in [6.45, 7) is 0.900. The molecule has 2 aromatic heterocycles. The zero-order chi connectivity index (χ0) is 12.2. The van der Waals surface area contributed by atoms with E-state index in [0.717, 1.165) is 23.6 Å². The van der Waals surface area contributed by atoms with Gasteiger partial charge < -0.3 is 5.32 Å². The minimum Gasteiger partial charge on any atom is -0.361 e. The van der Waals surface area contributed by atoms with Gasteiger partial charge in [0.1, 0.15) is 5.52 Å². The minimum absolute atomic E-state index is 0.900. The Bertz CT molecular complexity index is 601. The number of benzene rings is 1. The standard InChI is InChI=1S/C14H13N3S/c1-2-4-11(5-3-1)6-9-16-14-17-12-10-15-8-7-13(12)18-14/h1-5,7-8,10H,6,9H2,(H,16,17). The van der Waals surface area contributed by atoms with Crippen LogP contribution in [0.2, 0.25) is 0 Å². The summed E-state index contributed by atoms with van der Waals surface area (Å²) >= 11 is 1.67. The molecular formula is C14H13N3S. The Kier molecular flexibility index (Phi) is 3.19. The van der Waals surface area contributed by atoms with Gasteiger partial charge >= 0.3 is 0 Å². The van der Waals surface area contributed by atoms with Gasteiger partial charge in [-0.25, -0.2) is 4.98 Å². The maximum atomic E-state index is 4.49. The lowest BCUT2D eigenvalue weighted by molar-refractivity contribution is 1.02. The van der Waals surface area contributed by atoms with E-state index in [9.17, 15) is 0 Å². The number of pyridine rings is 1. The molecule has 0 aliphatic heterocycles. The summed E-state index contributed by atoms with van der Waals surface area (Å²) in [5, 5.41) is 4.33. The first-order valence-electron chi connectivity index (χ1n) is 5.90. The van der Waals surface area contributed by atoms with E-state index in [1.54, 1.807) is 23.7 Å². The van der Waals surface area contributed by atoms with E-state index >= 15 is 0 Å². The maximum Gasteiger partial charge on any atom is 0.183 e. The Hall–Kier alpha value is -1.94. The SMILES string of the molecule is c1ccc(CCNc2nc3cnccc3s2)cc1. The van der Waals surface area contributed by atoms with Crippen LogP contribution in [0.25, 0.3) is 10.2 Å². The van der Waals surface area contributed by atoms with Crippen LogP contribution in [-0.4, -0.2) is 16.5 Å². The molecule has 4 heteroatoms. The molecule has 90 valence electrons. The van der Waals surface area contributed by atoms with E-state index in [-0.39, 0.29) is 0 Å². The zero-order valence-electron chi connectivity index (χ0n) is 9.84. The van der Waals surface area contributed by atoms with Crippen LogP contribution >= 0.6 is 11.3 Å². The zero-order valence-corrected chi connectivity index (χ0v) is 10.7. The summed E-state index contributed by atoms with van der Waals surface area (Å²) in [6.07, 6.45) is 4.61. The Morgan fingerprint density at radius 3 is 2.83 bits per heavy atom. The van der Waals surface area contributed by atoms with Crippen molar-refractivity contribution in [3.8, 4) is 0 Å². The average Bonchev–Trinajstić information content (AvgIpc) is 2.82. The van der Waals surface area contributed by atoms with Gasteiger partial charge in [0.05, 0.1) is 10.9 Å². The van der Waals surface area contributed by atoms with Gasteiger partial charge in [-0.2, -0.15) is 0 Å². The topological polar surface area (TPSA) is 37.8 Å². The quantitative estimate of drug-likeness (QED) is 0.777. The lowest BCUT2D eigenvalue weighted by Crippen LogP contribution is -2.04. The third-order valence-corrected chi connectivity index (χ3v) is 3.72. The van der Waals surface area contributed by atoms with Crippen LogP contribution in [0.1, 0.15) is 5.56 Å². The smallest absolute Gasteiger partial charge is 0.183 e. The Morgan fingerprint density at radius 1 is 1.11 bits per heavy atom. The molecule has 0 radical (unpaired) electrons. The van der Waals surface area contributed by atoms with Gasteiger partial charge in [-0.05, 0) is 18.1 Å². The molecular weight excluding hydrogens is 242 g/mol. The minimum atomic E-state index is 0.900. The molecule has 0 saturated heterocycles. The van der Waals surface area contributed by atoms with E-state index in [2.05, 4.69) is 39.6 Å². The Balaban J connectivity index is 1.63. The molecule has 18 heavy (non-hydrogen) atoms. The fourth-order valence-corrected chi connectivity index (χ4v) is 2.67. The number of anilines is 1. The highest BCUT2D eigenvalue weighted by Crippen LogP contribution is 2.24. The monoisotopic (exact) mass is 255 g/mol. The number of nitrogens with one attached hydrogen (secondary N) is 1. The van der Waals surface area contributed by atoms with Crippen LogP contribution in [0.15, 0.2) is 48.8 Å². The molecule has 1 N–H and O–H groups in total. The molecule has 3 nitrogen and oxygen atoms in total. The predicted molar refractivity (Wildman–Crippen MR) is 76.1 cm³/mol. The molecule has 1 aromatic carbocycles. The fourth-order valence-electron chi connectivity index (χ4n) is 1.81. The van der Waals surface area contributed by atoms with E-state index in [0.29, 0.717) is 0 Å². The summed E-state index contributed by atoms with van der Waals surface area (Å²) in [4.78, 5) is 8.56. The van der Waals surface area contributed by atoms with Crippen LogP contribution in [-0.2, 0) is 6.42 Å². The molecule has 0 bridgehead atoms. The second-order valence-corrected chi connectivity index (χ2v) is 5.06. The molecule has 0 fully saturated rings. The number of nitrogens with zero attached hydrogens (tertiary/aromatic N) is 2. The number of aromatic nitrogens is 2. The molecule has 0 saturated carbocycles. The summed E-state index contributed by atoms with van der Waals surface area (Å²) in [5.41, 5.74) is 2.30. The number of thiazole rings is 1. The molecule has 0 atom stereocenters. The fraction of sp³-hybridized carbons (Fsp3) is 0.143. The summed E-state index contributed by atoms with van der Waals surface area (Å²) in [6, 6.07) is 12.5. The van der Waals surface area contributed by atoms with E-state index in [4.69, 9.17) is 0 Å². The van der Waals surface area contributed by atoms with Gasteiger partial charge in [-0.3, -0.25) is 4.98 Å². The van der Waals surface area contributed by atoms with Gasteiger partial charge in [0.25, 0.3) is 0 Å². The highest BCUT2D eigenvalue weighted by atomic mass is 32.1. The van der Waals surface area contributed by atoms with Gasteiger partial charge in [-0.15, -0.1) is 0 Å². The number of hydrogen-bond acceptors (Lipinski definition) is 4. The number of rotatable bonds is 4. The highest BCUT2D eigenvalue weighted by molar-refractivity contribution is 7.22.